The summed E-state index contributed by atoms with van der Waals surface area (Å²) in [7, 11) is 1.90. The van der Waals surface area contributed by atoms with Gasteiger partial charge in [-0.15, -0.1) is 0 Å². The number of carbonyl (C=O) groups is 1. The van der Waals surface area contributed by atoms with Crippen LogP contribution in [0.5, 0.6) is 0 Å². The van der Waals surface area contributed by atoms with Gasteiger partial charge in [0.05, 0.1) is 6.54 Å². The van der Waals surface area contributed by atoms with Gasteiger partial charge in [0, 0.05) is 31.0 Å². The van der Waals surface area contributed by atoms with E-state index < -0.39 is 0 Å². The van der Waals surface area contributed by atoms with Crippen molar-refractivity contribution >= 4 is 17.3 Å². The fraction of sp³-hybridized carbons (Fsp3) is 0.500. The molecule has 0 atom stereocenters. The molecule has 0 saturated heterocycles. The molecule has 18 heavy (non-hydrogen) atoms. The molecular formula is C14H21N3O. The van der Waals surface area contributed by atoms with Crippen LogP contribution in [0.15, 0.2) is 24.3 Å². The average Bonchev–Trinajstić information content (AvgIpc) is 3.20. The maximum absolute atomic E-state index is 12.1. The maximum Gasteiger partial charge on any atom is 0.242 e. The third-order valence-corrected chi connectivity index (χ3v) is 3.45. The Morgan fingerprint density at radius 2 is 1.94 bits per heavy atom. The van der Waals surface area contributed by atoms with Crippen LogP contribution in [-0.4, -0.2) is 37.0 Å². The number of anilines is 2. The molecule has 1 fully saturated rings. The molecule has 0 unspecified atom stereocenters. The van der Waals surface area contributed by atoms with Crippen LogP contribution in [0, 0.1) is 0 Å². The summed E-state index contributed by atoms with van der Waals surface area (Å²) in [6.07, 6.45) is 2.30. The third kappa shape index (κ3) is 2.94. The van der Waals surface area contributed by atoms with E-state index in [2.05, 4.69) is 11.8 Å². The normalized spacial score (nSPS) is 14.3. The lowest BCUT2D eigenvalue weighted by Gasteiger charge is -2.25. The first-order valence-electron chi connectivity index (χ1n) is 6.48. The van der Waals surface area contributed by atoms with Crippen molar-refractivity contribution in [3.05, 3.63) is 24.3 Å². The molecule has 0 aliphatic heterocycles. The smallest absolute Gasteiger partial charge is 0.242 e. The summed E-state index contributed by atoms with van der Waals surface area (Å²) in [4.78, 5) is 16.0. The number of nitrogens with two attached hydrogens (primary N) is 1. The van der Waals surface area contributed by atoms with E-state index in [0.29, 0.717) is 12.6 Å². The van der Waals surface area contributed by atoms with Crippen LogP contribution in [-0.2, 0) is 4.79 Å². The fourth-order valence-corrected chi connectivity index (χ4v) is 2.01. The SMILES string of the molecule is CCN(CC(=O)N(C)C1CC1)c1ccc(N)cc1. The quantitative estimate of drug-likeness (QED) is 0.806. The van der Waals surface area contributed by atoms with E-state index in [1.165, 1.54) is 0 Å². The minimum Gasteiger partial charge on any atom is -0.399 e. The van der Waals surface area contributed by atoms with Crippen LogP contribution >= 0.6 is 0 Å². The van der Waals surface area contributed by atoms with Crippen molar-refractivity contribution in [1.82, 2.24) is 4.90 Å². The molecule has 2 N–H and O–H groups in total. The van der Waals surface area contributed by atoms with E-state index in [9.17, 15) is 4.79 Å². The molecule has 0 radical (unpaired) electrons. The van der Waals surface area contributed by atoms with Crippen molar-refractivity contribution < 1.29 is 4.79 Å². The van der Waals surface area contributed by atoms with E-state index in [0.717, 1.165) is 30.8 Å². The van der Waals surface area contributed by atoms with Crippen LogP contribution in [0.3, 0.4) is 0 Å². The molecule has 1 aromatic rings. The molecule has 98 valence electrons. The van der Waals surface area contributed by atoms with Crippen molar-refractivity contribution in [1.29, 1.82) is 0 Å². The van der Waals surface area contributed by atoms with Crippen molar-refractivity contribution in [2.24, 2.45) is 0 Å². The number of nitrogens with zero attached hydrogens (tertiary/aromatic N) is 2. The fourth-order valence-electron chi connectivity index (χ4n) is 2.01. The van der Waals surface area contributed by atoms with Gasteiger partial charge in [-0.3, -0.25) is 4.79 Å². The minimum absolute atomic E-state index is 0.191. The number of likely N-dealkylation sites (N-methyl/N-ethyl adjacent to an activating group) is 2. The summed E-state index contributed by atoms with van der Waals surface area (Å²) < 4.78 is 0. The Bertz CT molecular complexity index is 412. The summed E-state index contributed by atoms with van der Waals surface area (Å²) in [6, 6.07) is 8.13. The lowest BCUT2D eigenvalue weighted by atomic mass is 10.2. The van der Waals surface area contributed by atoms with Crippen LogP contribution in [0.2, 0.25) is 0 Å². The first-order chi connectivity index (χ1) is 8.61. The zero-order chi connectivity index (χ0) is 13.1. The van der Waals surface area contributed by atoms with Crippen LogP contribution in [0.25, 0.3) is 0 Å². The first-order valence-corrected chi connectivity index (χ1v) is 6.48. The molecule has 2 rings (SSSR count). The highest BCUT2D eigenvalue weighted by atomic mass is 16.2. The van der Waals surface area contributed by atoms with Gasteiger partial charge in [0.1, 0.15) is 0 Å². The van der Waals surface area contributed by atoms with E-state index in [1.807, 2.05) is 36.2 Å². The minimum atomic E-state index is 0.191. The number of amides is 1. The Labute approximate surface area is 108 Å². The second kappa shape index (κ2) is 5.29. The van der Waals surface area contributed by atoms with Crippen LogP contribution in [0.1, 0.15) is 19.8 Å². The Hall–Kier alpha value is -1.71. The second-order valence-electron chi connectivity index (χ2n) is 4.84. The molecule has 0 bridgehead atoms. The summed E-state index contributed by atoms with van der Waals surface area (Å²) in [5, 5.41) is 0. The highest BCUT2D eigenvalue weighted by Gasteiger charge is 2.29. The van der Waals surface area contributed by atoms with E-state index in [-0.39, 0.29) is 5.91 Å². The molecule has 0 aromatic heterocycles. The van der Waals surface area contributed by atoms with Gasteiger partial charge in [0.15, 0.2) is 0 Å². The lowest BCUT2D eigenvalue weighted by Crippen LogP contribution is -2.39. The van der Waals surface area contributed by atoms with Gasteiger partial charge in [-0.25, -0.2) is 0 Å². The third-order valence-electron chi connectivity index (χ3n) is 3.45. The molecule has 1 amide bonds. The van der Waals surface area contributed by atoms with Crippen LogP contribution in [0.4, 0.5) is 11.4 Å². The highest BCUT2D eigenvalue weighted by molar-refractivity contribution is 5.82. The molecule has 1 aliphatic carbocycles. The molecule has 1 aromatic carbocycles. The molecular weight excluding hydrogens is 226 g/mol. The molecule has 4 heteroatoms. The van der Waals surface area contributed by atoms with Crippen molar-refractivity contribution in [3.63, 3.8) is 0 Å². The Kier molecular flexibility index (Phi) is 3.75. The number of rotatable bonds is 5. The standard InChI is InChI=1S/C14H21N3O/c1-3-17(13-6-4-11(15)5-7-13)10-14(18)16(2)12-8-9-12/h4-7,12H,3,8-10,15H2,1-2H3. The van der Waals surface area contributed by atoms with Gasteiger partial charge in [-0.1, -0.05) is 0 Å². The van der Waals surface area contributed by atoms with Gasteiger partial charge < -0.3 is 15.5 Å². The average molecular weight is 247 g/mol. The largest absolute Gasteiger partial charge is 0.399 e. The van der Waals surface area contributed by atoms with Gasteiger partial charge in [0.2, 0.25) is 5.91 Å². The molecule has 0 spiro atoms. The van der Waals surface area contributed by atoms with E-state index in [1.54, 1.807) is 0 Å². The maximum atomic E-state index is 12.1. The topological polar surface area (TPSA) is 49.6 Å². The Morgan fingerprint density at radius 3 is 2.44 bits per heavy atom. The summed E-state index contributed by atoms with van der Waals surface area (Å²) >= 11 is 0. The summed E-state index contributed by atoms with van der Waals surface area (Å²) in [6.45, 7) is 3.31. The second-order valence-corrected chi connectivity index (χ2v) is 4.84. The van der Waals surface area contributed by atoms with Crippen LogP contribution < -0.4 is 10.6 Å². The summed E-state index contributed by atoms with van der Waals surface area (Å²) in [5.74, 6) is 0.191. The summed E-state index contributed by atoms with van der Waals surface area (Å²) in [5.41, 5.74) is 7.46. The number of benzene rings is 1. The number of hydrogen-bond acceptors (Lipinski definition) is 3. The first kappa shape index (κ1) is 12.7. The number of nitrogen functional groups attached to an aromatic ring is 1. The molecule has 0 heterocycles. The van der Waals surface area contributed by atoms with Gasteiger partial charge in [0.25, 0.3) is 0 Å². The van der Waals surface area contributed by atoms with E-state index in [4.69, 9.17) is 5.73 Å². The predicted octanol–water partition coefficient (Wildman–Crippen LogP) is 1.72. The highest BCUT2D eigenvalue weighted by Crippen LogP contribution is 2.25. The molecule has 1 aliphatic rings. The zero-order valence-electron chi connectivity index (χ0n) is 11.1. The van der Waals surface area contributed by atoms with Gasteiger partial charge >= 0.3 is 0 Å². The van der Waals surface area contributed by atoms with Crippen molar-refractivity contribution in [2.45, 2.75) is 25.8 Å². The Balaban J connectivity index is 2.00. The monoisotopic (exact) mass is 247 g/mol. The molecule has 1 saturated carbocycles. The molecule has 4 nitrogen and oxygen atoms in total. The van der Waals surface area contributed by atoms with Gasteiger partial charge in [-0.2, -0.15) is 0 Å². The lowest BCUT2D eigenvalue weighted by molar-refractivity contribution is -0.128. The van der Waals surface area contributed by atoms with E-state index >= 15 is 0 Å². The Morgan fingerprint density at radius 1 is 1.33 bits per heavy atom. The zero-order valence-corrected chi connectivity index (χ0v) is 11.1. The van der Waals surface area contributed by atoms with Crippen molar-refractivity contribution in [3.8, 4) is 0 Å². The predicted molar refractivity (Wildman–Crippen MR) is 74.5 cm³/mol. The van der Waals surface area contributed by atoms with Gasteiger partial charge in [-0.05, 0) is 44.0 Å². The van der Waals surface area contributed by atoms with Crippen molar-refractivity contribution in [2.75, 3.05) is 30.8 Å². The number of hydrogen-bond donors (Lipinski definition) is 1. The number of carbonyl (C=O) groups excluding carboxylic acids is 1.